The van der Waals surface area contributed by atoms with Crippen LogP contribution in [-0.4, -0.2) is 19.5 Å². The average molecular weight is 253 g/mol. The first kappa shape index (κ1) is 11.9. The summed E-state index contributed by atoms with van der Waals surface area (Å²) in [5.74, 6) is -1.35. The van der Waals surface area contributed by atoms with Crippen LogP contribution >= 0.6 is 11.6 Å². The van der Waals surface area contributed by atoms with Crippen molar-refractivity contribution in [3.8, 4) is 0 Å². The molecule has 0 aliphatic carbocycles. The van der Waals surface area contributed by atoms with Gasteiger partial charge in [0.05, 0.1) is 10.6 Å². The van der Waals surface area contributed by atoms with E-state index >= 15 is 0 Å². The first-order valence-corrected chi connectivity index (χ1v) is 5.47. The Morgan fingerprint density at radius 1 is 1.47 bits per heavy atom. The van der Waals surface area contributed by atoms with Crippen molar-refractivity contribution in [3.63, 3.8) is 0 Å². The van der Waals surface area contributed by atoms with Crippen LogP contribution < -0.4 is 0 Å². The molecule has 0 atom stereocenters. The van der Waals surface area contributed by atoms with Gasteiger partial charge in [0.15, 0.2) is 0 Å². The topological polar surface area (TPSA) is 71.4 Å². The predicted molar refractivity (Wildman–Crippen MR) is 51.4 cm³/mol. The zero-order chi connectivity index (χ0) is 11.8. The Morgan fingerprint density at radius 2 is 2.00 bits per heavy atom. The van der Waals surface area contributed by atoms with Crippen molar-refractivity contribution >= 4 is 27.8 Å². The van der Waals surface area contributed by atoms with Crippen molar-refractivity contribution in [2.45, 2.75) is 11.8 Å². The van der Waals surface area contributed by atoms with Crippen LogP contribution in [0.1, 0.15) is 15.9 Å². The molecule has 15 heavy (non-hydrogen) atoms. The van der Waals surface area contributed by atoms with E-state index in [0.717, 1.165) is 0 Å². The highest BCUT2D eigenvalue weighted by atomic mass is 35.5. The Kier molecular flexibility index (Phi) is 3.01. The summed E-state index contributed by atoms with van der Waals surface area (Å²) in [6.07, 6.45) is 0. The quantitative estimate of drug-likeness (QED) is 0.818. The van der Waals surface area contributed by atoms with Gasteiger partial charge in [-0.3, -0.25) is 0 Å². The summed E-state index contributed by atoms with van der Waals surface area (Å²) < 4.78 is 34.0. The maximum Gasteiger partial charge on any atom is 0.335 e. The maximum atomic E-state index is 12.7. The zero-order valence-corrected chi connectivity index (χ0v) is 9.06. The van der Waals surface area contributed by atoms with Crippen molar-refractivity contribution in [1.29, 1.82) is 0 Å². The lowest BCUT2D eigenvalue weighted by Crippen LogP contribution is -2.02. The molecule has 1 aromatic carbocycles. The first-order valence-electron chi connectivity index (χ1n) is 3.71. The minimum atomic E-state index is -5.01. The fourth-order valence-corrected chi connectivity index (χ4v) is 2.07. The second-order valence-corrected chi connectivity index (χ2v) is 4.54. The second kappa shape index (κ2) is 3.79. The summed E-state index contributed by atoms with van der Waals surface area (Å²) in [7, 11) is -5.01. The molecule has 4 nitrogen and oxygen atoms in total. The standard InChI is InChI=1S/C8H6ClFO4S/c1-4-2-5(8(11)12)3-6(7(4)9)15(10,13)14/h2-3H,1H3,(H,11,12). The van der Waals surface area contributed by atoms with Gasteiger partial charge in [-0.2, -0.15) is 8.42 Å². The van der Waals surface area contributed by atoms with Crippen LogP contribution in [0.4, 0.5) is 3.89 Å². The maximum absolute atomic E-state index is 12.7. The smallest absolute Gasteiger partial charge is 0.335 e. The molecule has 1 N–H and O–H groups in total. The number of hydrogen-bond donors (Lipinski definition) is 1. The van der Waals surface area contributed by atoms with Gasteiger partial charge < -0.3 is 5.11 Å². The van der Waals surface area contributed by atoms with Crippen molar-refractivity contribution in [1.82, 2.24) is 0 Å². The lowest BCUT2D eigenvalue weighted by atomic mass is 10.1. The Labute approximate surface area is 90.5 Å². The summed E-state index contributed by atoms with van der Waals surface area (Å²) in [6, 6.07) is 1.85. The Hall–Kier alpha value is -1.14. The largest absolute Gasteiger partial charge is 0.478 e. The number of carboxylic acids is 1. The van der Waals surface area contributed by atoms with Gasteiger partial charge in [-0.25, -0.2) is 4.79 Å². The molecule has 7 heteroatoms. The summed E-state index contributed by atoms with van der Waals surface area (Å²) in [5.41, 5.74) is -0.138. The molecule has 0 aromatic heterocycles. The van der Waals surface area contributed by atoms with E-state index in [4.69, 9.17) is 16.7 Å². The van der Waals surface area contributed by atoms with Crippen LogP contribution in [0.5, 0.6) is 0 Å². The van der Waals surface area contributed by atoms with Gasteiger partial charge in [-0.05, 0) is 24.6 Å². The number of aryl methyl sites for hydroxylation is 1. The normalized spacial score (nSPS) is 11.4. The van der Waals surface area contributed by atoms with Gasteiger partial charge in [0.1, 0.15) is 4.90 Å². The minimum Gasteiger partial charge on any atom is -0.478 e. The van der Waals surface area contributed by atoms with Gasteiger partial charge >= 0.3 is 16.2 Å². The molecule has 0 radical (unpaired) electrons. The van der Waals surface area contributed by atoms with Gasteiger partial charge in [-0.15, -0.1) is 3.89 Å². The first-order chi connectivity index (χ1) is 6.73. The molecule has 0 amide bonds. The molecule has 0 aliphatic rings. The molecular weight excluding hydrogens is 247 g/mol. The number of carboxylic acid groups (broad SMARTS) is 1. The fraction of sp³-hybridized carbons (Fsp3) is 0.125. The van der Waals surface area contributed by atoms with Gasteiger partial charge in [0, 0.05) is 0 Å². The highest BCUT2D eigenvalue weighted by molar-refractivity contribution is 7.86. The highest BCUT2D eigenvalue weighted by Gasteiger charge is 2.20. The molecule has 0 saturated heterocycles. The summed E-state index contributed by atoms with van der Waals surface area (Å²) >= 11 is 5.54. The van der Waals surface area contributed by atoms with Crippen LogP contribution in [0.2, 0.25) is 5.02 Å². The van der Waals surface area contributed by atoms with E-state index in [0.29, 0.717) is 6.07 Å². The van der Waals surface area contributed by atoms with Crippen LogP contribution in [0.3, 0.4) is 0 Å². The third kappa shape index (κ3) is 2.45. The summed E-state index contributed by atoms with van der Waals surface area (Å²) in [6.45, 7) is 1.39. The van der Waals surface area contributed by atoms with E-state index in [-0.39, 0.29) is 16.1 Å². The van der Waals surface area contributed by atoms with Crippen LogP contribution in [0.25, 0.3) is 0 Å². The van der Waals surface area contributed by atoms with E-state index in [1.54, 1.807) is 0 Å². The molecular formula is C8H6ClFO4S. The number of aromatic carboxylic acids is 1. The van der Waals surface area contributed by atoms with Crippen LogP contribution in [0.15, 0.2) is 17.0 Å². The van der Waals surface area contributed by atoms with Crippen LogP contribution in [0, 0.1) is 6.92 Å². The lowest BCUT2D eigenvalue weighted by Gasteiger charge is -2.04. The van der Waals surface area contributed by atoms with E-state index < -0.39 is 21.1 Å². The number of carbonyl (C=O) groups is 1. The number of rotatable bonds is 2. The molecule has 82 valence electrons. The molecule has 1 rings (SSSR count). The van der Waals surface area contributed by atoms with E-state index in [9.17, 15) is 17.1 Å². The third-order valence-corrected chi connectivity index (χ3v) is 3.19. The van der Waals surface area contributed by atoms with Crippen LogP contribution in [-0.2, 0) is 10.2 Å². The lowest BCUT2D eigenvalue weighted by molar-refractivity contribution is 0.0696. The molecule has 0 heterocycles. The zero-order valence-electron chi connectivity index (χ0n) is 7.49. The third-order valence-electron chi connectivity index (χ3n) is 1.73. The average Bonchev–Trinajstić information content (AvgIpc) is 2.06. The Balaban J connectivity index is 3.59. The monoisotopic (exact) mass is 252 g/mol. The van der Waals surface area contributed by atoms with E-state index in [1.807, 2.05) is 0 Å². The van der Waals surface area contributed by atoms with E-state index in [1.165, 1.54) is 13.0 Å². The summed E-state index contributed by atoms with van der Waals surface area (Å²) in [4.78, 5) is 9.77. The number of halogens is 2. The molecule has 0 saturated carbocycles. The molecule has 1 aromatic rings. The number of hydrogen-bond acceptors (Lipinski definition) is 3. The second-order valence-electron chi connectivity index (χ2n) is 2.85. The molecule has 0 fully saturated rings. The SMILES string of the molecule is Cc1cc(C(=O)O)cc(S(=O)(=O)F)c1Cl. The van der Waals surface area contributed by atoms with Crippen molar-refractivity contribution in [2.24, 2.45) is 0 Å². The van der Waals surface area contributed by atoms with Gasteiger partial charge in [0.2, 0.25) is 0 Å². The highest BCUT2D eigenvalue weighted by Crippen LogP contribution is 2.28. The predicted octanol–water partition coefficient (Wildman–Crippen LogP) is 2.00. The molecule has 0 spiro atoms. The van der Waals surface area contributed by atoms with Crippen molar-refractivity contribution < 1.29 is 22.2 Å². The Morgan fingerprint density at radius 3 is 2.40 bits per heavy atom. The summed E-state index contributed by atoms with van der Waals surface area (Å²) in [5, 5.41) is 8.33. The molecule has 0 bridgehead atoms. The number of benzene rings is 1. The van der Waals surface area contributed by atoms with E-state index in [2.05, 4.69) is 0 Å². The Bertz CT molecular complexity index is 524. The minimum absolute atomic E-state index is 0.188. The fourth-order valence-electron chi connectivity index (χ4n) is 1.04. The van der Waals surface area contributed by atoms with Crippen molar-refractivity contribution in [3.05, 3.63) is 28.3 Å². The molecule has 0 aliphatic heterocycles. The van der Waals surface area contributed by atoms with Gasteiger partial charge in [0.25, 0.3) is 0 Å². The van der Waals surface area contributed by atoms with Gasteiger partial charge in [-0.1, -0.05) is 11.6 Å². The molecule has 0 unspecified atom stereocenters. The van der Waals surface area contributed by atoms with Crippen molar-refractivity contribution in [2.75, 3.05) is 0 Å².